The molecule has 0 saturated carbocycles. The molecule has 0 N–H and O–H groups in total. The molecule has 1 atom stereocenters. The first-order valence-corrected chi connectivity index (χ1v) is 15.4. The maximum absolute atomic E-state index is 9.69. The molecular formula is C41H27N3O. The first kappa shape index (κ1) is 25.6. The highest BCUT2D eigenvalue weighted by Crippen LogP contribution is 2.59. The summed E-state index contributed by atoms with van der Waals surface area (Å²) in [5, 5.41) is 11.9. The lowest BCUT2D eigenvalue weighted by atomic mass is 9.67. The fraction of sp³-hybridized carbons (Fsp3) is 0.0732. The van der Waals surface area contributed by atoms with Crippen LogP contribution in [0.3, 0.4) is 0 Å². The fourth-order valence-corrected chi connectivity index (χ4v) is 7.65. The number of fused-ring (bicyclic) bond motifs is 8. The fourth-order valence-electron chi connectivity index (χ4n) is 7.65. The third kappa shape index (κ3) is 3.38. The van der Waals surface area contributed by atoms with E-state index in [1.807, 2.05) is 24.3 Å². The van der Waals surface area contributed by atoms with E-state index in [4.69, 9.17) is 9.40 Å². The van der Waals surface area contributed by atoms with E-state index < -0.39 is 5.41 Å². The van der Waals surface area contributed by atoms with Gasteiger partial charge in [0.2, 0.25) is 0 Å². The molecular weight excluding hydrogens is 550 g/mol. The number of hydrogen-bond acceptors (Lipinski definition) is 3. The summed E-state index contributed by atoms with van der Waals surface area (Å²) in [6, 6.07) is 49.0. The van der Waals surface area contributed by atoms with Crippen molar-refractivity contribution in [2.45, 2.75) is 18.8 Å². The number of nitrogens with zero attached hydrogens (tertiary/aromatic N) is 3. The average Bonchev–Trinajstić information content (AvgIpc) is 3.77. The van der Waals surface area contributed by atoms with Crippen molar-refractivity contribution in [3.05, 3.63) is 167 Å². The number of furan rings is 1. The number of rotatable bonds is 4. The number of imidazole rings is 1. The van der Waals surface area contributed by atoms with Crippen molar-refractivity contribution in [1.29, 1.82) is 5.26 Å². The predicted octanol–water partition coefficient (Wildman–Crippen LogP) is 9.72. The van der Waals surface area contributed by atoms with Crippen molar-refractivity contribution >= 4 is 33.0 Å². The van der Waals surface area contributed by atoms with Crippen LogP contribution in [-0.4, -0.2) is 9.55 Å². The molecule has 45 heavy (non-hydrogen) atoms. The van der Waals surface area contributed by atoms with Gasteiger partial charge in [0.1, 0.15) is 11.4 Å². The van der Waals surface area contributed by atoms with E-state index in [0.29, 0.717) is 5.56 Å². The van der Waals surface area contributed by atoms with E-state index in [-0.39, 0.29) is 0 Å². The zero-order chi connectivity index (χ0) is 30.1. The Balaban J connectivity index is 1.53. The van der Waals surface area contributed by atoms with Gasteiger partial charge >= 0.3 is 0 Å². The van der Waals surface area contributed by atoms with Gasteiger partial charge < -0.3 is 4.42 Å². The van der Waals surface area contributed by atoms with Crippen molar-refractivity contribution in [3.8, 4) is 22.9 Å². The summed E-state index contributed by atoms with van der Waals surface area (Å²) in [6.45, 7) is 2.15. The molecule has 6 aromatic carbocycles. The lowest BCUT2D eigenvalue weighted by molar-refractivity contribution is 0.664. The monoisotopic (exact) mass is 577 g/mol. The summed E-state index contributed by atoms with van der Waals surface area (Å²) >= 11 is 0. The zero-order valence-electron chi connectivity index (χ0n) is 24.7. The van der Waals surface area contributed by atoms with Crippen molar-refractivity contribution < 1.29 is 4.42 Å². The molecule has 1 unspecified atom stereocenters. The van der Waals surface area contributed by atoms with Crippen molar-refractivity contribution in [1.82, 2.24) is 9.55 Å². The Morgan fingerprint density at radius 3 is 2.29 bits per heavy atom. The van der Waals surface area contributed by atoms with Crippen LogP contribution in [0.2, 0.25) is 0 Å². The molecule has 4 nitrogen and oxygen atoms in total. The summed E-state index contributed by atoms with van der Waals surface area (Å²) < 4.78 is 9.11. The van der Waals surface area contributed by atoms with E-state index in [0.717, 1.165) is 56.5 Å². The van der Waals surface area contributed by atoms with Gasteiger partial charge in [-0.25, -0.2) is 4.98 Å². The van der Waals surface area contributed by atoms with Gasteiger partial charge in [0, 0.05) is 17.2 Å². The third-order valence-corrected chi connectivity index (χ3v) is 9.47. The molecule has 0 amide bonds. The van der Waals surface area contributed by atoms with Crippen LogP contribution in [0.4, 0.5) is 0 Å². The van der Waals surface area contributed by atoms with E-state index in [2.05, 4.69) is 127 Å². The molecule has 0 bridgehead atoms. The first-order chi connectivity index (χ1) is 22.2. The average molecular weight is 578 g/mol. The zero-order valence-corrected chi connectivity index (χ0v) is 24.7. The number of para-hydroxylation sites is 3. The summed E-state index contributed by atoms with van der Waals surface area (Å²) in [7, 11) is 0. The molecule has 2 aromatic heterocycles. The quantitative estimate of drug-likeness (QED) is 0.209. The number of benzene rings is 6. The summed E-state index contributed by atoms with van der Waals surface area (Å²) in [6.07, 6.45) is 0.771. The molecule has 0 fully saturated rings. The van der Waals surface area contributed by atoms with Gasteiger partial charge in [-0.2, -0.15) is 5.26 Å². The van der Waals surface area contributed by atoms with E-state index in [9.17, 15) is 5.26 Å². The van der Waals surface area contributed by atoms with Gasteiger partial charge in [-0.3, -0.25) is 4.57 Å². The molecule has 2 heterocycles. The minimum Gasteiger partial charge on any atom is -0.454 e. The lowest BCUT2D eigenvalue weighted by Crippen LogP contribution is -2.28. The summed E-state index contributed by atoms with van der Waals surface area (Å²) in [4.78, 5) is 5.06. The smallest absolute Gasteiger partial charge is 0.160 e. The molecule has 0 radical (unpaired) electrons. The molecule has 0 aliphatic heterocycles. The first-order valence-electron chi connectivity index (χ1n) is 15.4. The van der Waals surface area contributed by atoms with Crippen LogP contribution in [-0.2, 0) is 11.8 Å². The van der Waals surface area contributed by atoms with Gasteiger partial charge in [-0.15, -0.1) is 0 Å². The highest BCUT2D eigenvalue weighted by atomic mass is 16.3. The van der Waals surface area contributed by atoms with E-state index in [1.165, 1.54) is 27.8 Å². The second-order valence-electron chi connectivity index (χ2n) is 11.7. The molecule has 1 aliphatic carbocycles. The van der Waals surface area contributed by atoms with Gasteiger partial charge in [0.15, 0.2) is 5.58 Å². The van der Waals surface area contributed by atoms with Gasteiger partial charge in [-0.1, -0.05) is 104 Å². The van der Waals surface area contributed by atoms with E-state index >= 15 is 0 Å². The van der Waals surface area contributed by atoms with Crippen LogP contribution in [0.5, 0.6) is 0 Å². The molecule has 0 saturated heterocycles. The lowest BCUT2D eigenvalue weighted by Gasteiger charge is -2.34. The Labute approximate surface area is 260 Å². The van der Waals surface area contributed by atoms with Crippen LogP contribution in [0.1, 0.15) is 40.6 Å². The highest BCUT2D eigenvalue weighted by molar-refractivity contribution is 6.18. The molecule has 212 valence electrons. The number of aryl methyl sites for hydroxylation is 1. The Kier molecular flexibility index (Phi) is 5.42. The predicted molar refractivity (Wildman–Crippen MR) is 180 cm³/mol. The molecule has 4 heteroatoms. The van der Waals surface area contributed by atoms with Crippen LogP contribution in [0.15, 0.2) is 138 Å². The topological polar surface area (TPSA) is 54.8 Å². The molecule has 8 aromatic rings. The van der Waals surface area contributed by atoms with Crippen LogP contribution >= 0.6 is 0 Å². The van der Waals surface area contributed by atoms with Gasteiger partial charge in [0.05, 0.1) is 33.8 Å². The van der Waals surface area contributed by atoms with Crippen molar-refractivity contribution in [2.75, 3.05) is 0 Å². The molecule has 0 spiro atoms. The van der Waals surface area contributed by atoms with Crippen molar-refractivity contribution in [2.24, 2.45) is 0 Å². The standard InChI is InChI=1S/C41H27N3O/c1-2-37-43-33-17-9-10-18-34(33)44(37)35-24-32-38(39-30-15-7-11-19-36(30)45-40(35)39)29-14-6-8-16-31(29)41(32,27-12-4-3-5-13-27)28-22-20-26(25-42)21-23-28/h3-24H,2H2,1H3. The van der Waals surface area contributed by atoms with Crippen molar-refractivity contribution in [3.63, 3.8) is 0 Å². The number of nitriles is 1. The second kappa shape index (κ2) is 9.54. The second-order valence-corrected chi connectivity index (χ2v) is 11.7. The Bertz CT molecular complexity index is 2480. The Morgan fingerprint density at radius 1 is 0.756 bits per heavy atom. The molecule has 1 aliphatic rings. The maximum atomic E-state index is 9.69. The van der Waals surface area contributed by atoms with Gasteiger partial charge in [0.25, 0.3) is 0 Å². The third-order valence-electron chi connectivity index (χ3n) is 9.47. The normalized spacial score (nSPS) is 15.4. The largest absolute Gasteiger partial charge is 0.454 e. The maximum Gasteiger partial charge on any atom is 0.160 e. The van der Waals surface area contributed by atoms with Crippen LogP contribution in [0, 0.1) is 11.3 Å². The minimum atomic E-state index is -0.634. The highest BCUT2D eigenvalue weighted by Gasteiger charge is 2.48. The Hall–Kier alpha value is -5.92. The van der Waals surface area contributed by atoms with E-state index in [1.54, 1.807) is 0 Å². The van der Waals surface area contributed by atoms with Gasteiger partial charge in [-0.05, 0) is 69.8 Å². The van der Waals surface area contributed by atoms with Crippen LogP contribution in [0.25, 0.3) is 49.8 Å². The van der Waals surface area contributed by atoms with Crippen LogP contribution < -0.4 is 0 Å². The minimum absolute atomic E-state index is 0.634. The molecule has 9 rings (SSSR count). The number of hydrogen-bond donors (Lipinski definition) is 0. The summed E-state index contributed by atoms with van der Waals surface area (Å²) in [5.74, 6) is 0.983. The summed E-state index contributed by atoms with van der Waals surface area (Å²) in [5.41, 5.74) is 11.8. The Morgan fingerprint density at radius 2 is 1.47 bits per heavy atom. The SMILES string of the molecule is CCc1nc2ccccc2n1-c1cc2c(c3c1oc1ccccc13)-c1ccccc1C2(c1ccccc1)c1ccc(C#N)cc1. The number of aromatic nitrogens is 2.